The summed E-state index contributed by atoms with van der Waals surface area (Å²) in [5.41, 5.74) is 0.571. The number of anilines is 1. The van der Waals surface area contributed by atoms with Crippen LogP contribution in [-0.2, 0) is 9.47 Å². The molecule has 0 radical (unpaired) electrons. The molecule has 0 spiro atoms. The van der Waals surface area contributed by atoms with Crippen molar-refractivity contribution in [2.75, 3.05) is 38.8 Å². The smallest absolute Gasteiger partial charge is 0.339 e. The third-order valence-electron chi connectivity index (χ3n) is 2.22. The van der Waals surface area contributed by atoms with E-state index in [1.807, 2.05) is 0 Å². The highest BCUT2D eigenvalue weighted by molar-refractivity contribution is 6.34. The number of rotatable bonds is 8. The van der Waals surface area contributed by atoms with Gasteiger partial charge in [0.15, 0.2) is 0 Å². The second kappa shape index (κ2) is 7.92. The number of methoxy groups -OCH3 is 1. The number of carboxylic acids is 1. The number of hydrogen-bond donors (Lipinski definition) is 2. The number of carboxylic acid groups (broad SMARTS) is 1. The molecule has 0 amide bonds. The van der Waals surface area contributed by atoms with Crippen LogP contribution in [0, 0.1) is 0 Å². The summed E-state index contributed by atoms with van der Waals surface area (Å²) in [6.07, 6.45) is 0. The molecule has 0 unspecified atom stereocenters. The van der Waals surface area contributed by atoms with Crippen molar-refractivity contribution in [2.45, 2.75) is 0 Å². The molecule has 0 aliphatic carbocycles. The van der Waals surface area contributed by atoms with Gasteiger partial charge in [-0.3, -0.25) is 0 Å². The molecule has 0 fully saturated rings. The van der Waals surface area contributed by atoms with Crippen molar-refractivity contribution in [2.24, 2.45) is 0 Å². The van der Waals surface area contributed by atoms with Gasteiger partial charge in [-0.05, 0) is 12.1 Å². The van der Waals surface area contributed by atoms with Crippen molar-refractivity contribution in [3.63, 3.8) is 0 Å². The summed E-state index contributed by atoms with van der Waals surface area (Å²) in [5, 5.41) is 12.2. The lowest BCUT2D eigenvalue weighted by Gasteiger charge is -2.10. The molecule has 0 saturated carbocycles. The van der Waals surface area contributed by atoms with Gasteiger partial charge in [0.25, 0.3) is 0 Å². The highest BCUT2D eigenvalue weighted by Gasteiger charge is 2.13. The molecule has 0 heterocycles. The number of hydrogen-bond acceptors (Lipinski definition) is 4. The van der Waals surface area contributed by atoms with Crippen LogP contribution in [0.2, 0.25) is 5.02 Å². The van der Waals surface area contributed by atoms with Crippen molar-refractivity contribution in [1.82, 2.24) is 0 Å². The number of carbonyl (C=O) groups is 1. The maximum atomic E-state index is 11.0. The molecule has 2 N–H and O–H groups in total. The molecule has 6 heteroatoms. The number of aromatic carboxylic acids is 1. The van der Waals surface area contributed by atoms with Gasteiger partial charge in [-0.15, -0.1) is 0 Å². The predicted molar refractivity (Wildman–Crippen MR) is 69.6 cm³/mol. The first kappa shape index (κ1) is 14.8. The Hall–Kier alpha value is -1.30. The van der Waals surface area contributed by atoms with Gasteiger partial charge in [0.1, 0.15) is 5.56 Å². The maximum absolute atomic E-state index is 11.0. The largest absolute Gasteiger partial charge is 0.478 e. The van der Waals surface area contributed by atoms with E-state index in [1.54, 1.807) is 25.3 Å². The number of benzene rings is 1. The van der Waals surface area contributed by atoms with Crippen LogP contribution >= 0.6 is 11.6 Å². The highest BCUT2D eigenvalue weighted by Crippen LogP contribution is 2.23. The maximum Gasteiger partial charge on any atom is 0.339 e. The van der Waals surface area contributed by atoms with E-state index in [-0.39, 0.29) is 10.6 Å². The van der Waals surface area contributed by atoms with Gasteiger partial charge in [0.2, 0.25) is 0 Å². The number of nitrogens with one attached hydrogen (secondary N) is 1. The van der Waals surface area contributed by atoms with E-state index < -0.39 is 5.97 Å². The van der Waals surface area contributed by atoms with Gasteiger partial charge in [-0.25, -0.2) is 4.79 Å². The summed E-state index contributed by atoms with van der Waals surface area (Å²) in [7, 11) is 1.60. The molecule has 0 atom stereocenters. The van der Waals surface area contributed by atoms with Crippen molar-refractivity contribution < 1.29 is 19.4 Å². The lowest BCUT2D eigenvalue weighted by Crippen LogP contribution is -2.14. The highest BCUT2D eigenvalue weighted by atomic mass is 35.5. The lowest BCUT2D eigenvalue weighted by atomic mass is 10.2. The Balaban J connectivity index is 2.47. The van der Waals surface area contributed by atoms with Gasteiger partial charge in [-0.2, -0.15) is 0 Å². The fraction of sp³-hybridized carbons (Fsp3) is 0.417. The van der Waals surface area contributed by atoms with Crippen LogP contribution in [0.5, 0.6) is 0 Å². The Morgan fingerprint density at radius 1 is 1.39 bits per heavy atom. The summed E-state index contributed by atoms with van der Waals surface area (Å²) < 4.78 is 10.1. The summed E-state index contributed by atoms with van der Waals surface area (Å²) in [6.45, 7) is 2.02. The molecule has 18 heavy (non-hydrogen) atoms. The molecule has 1 rings (SSSR count). The third-order valence-corrected chi connectivity index (χ3v) is 2.54. The molecule has 0 saturated heterocycles. The minimum Gasteiger partial charge on any atom is -0.478 e. The summed E-state index contributed by atoms with van der Waals surface area (Å²) in [6, 6.07) is 4.92. The SMILES string of the molecule is COCCOCCNc1cccc(Cl)c1C(=O)O. The topological polar surface area (TPSA) is 67.8 Å². The first-order chi connectivity index (χ1) is 8.66. The first-order valence-corrected chi connectivity index (χ1v) is 5.87. The van der Waals surface area contributed by atoms with Crippen LogP contribution in [0.4, 0.5) is 5.69 Å². The summed E-state index contributed by atoms with van der Waals surface area (Å²) in [4.78, 5) is 11.0. The monoisotopic (exact) mass is 273 g/mol. The van der Waals surface area contributed by atoms with Crippen LogP contribution in [-0.4, -0.2) is 44.6 Å². The Labute approximate surface area is 111 Å². The first-order valence-electron chi connectivity index (χ1n) is 5.49. The third kappa shape index (κ3) is 4.52. The number of ether oxygens (including phenoxy) is 2. The average Bonchev–Trinajstić information content (AvgIpc) is 2.33. The lowest BCUT2D eigenvalue weighted by molar-refractivity contribution is 0.0697. The van der Waals surface area contributed by atoms with E-state index in [4.69, 9.17) is 26.2 Å². The average molecular weight is 274 g/mol. The molecule has 0 aliphatic rings. The van der Waals surface area contributed by atoms with Gasteiger partial charge in [0.05, 0.1) is 30.5 Å². The van der Waals surface area contributed by atoms with E-state index in [0.717, 1.165) is 0 Å². The van der Waals surface area contributed by atoms with Crippen molar-refractivity contribution >= 4 is 23.3 Å². The minimum atomic E-state index is -1.05. The van der Waals surface area contributed by atoms with Gasteiger partial charge >= 0.3 is 5.97 Å². The zero-order valence-corrected chi connectivity index (χ0v) is 10.9. The molecular weight excluding hydrogens is 258 g/mol. The van der Waals surface area contributed by atoms with Crippen molar-refractivity contribution in [3.8, 4) is 0 Å². The standard InChI is InChI=1S/C12H16ClNO4/c1-17-7-8-18-6-5-14-10-4-2-3-9(13)11(10)12(15)16/h2-4,14H,5-8H2,1H3,(H,15,16). The molecule has 0 bridgehead atoms. The number of halogens is 1. The Kier molecular flexibility index (Phi) is 6.49. The van der Waals surface area contributed by atoms with E-state index >= 15 is 0 Å². The minimum absolute atomic E-state index is 0.0797. The Morgan fingerprint density at radius 2 is 2.17 bits per heavy atom. The second-order valence-electron chi connectivity index (χ2n) is 3.50. The van der Waals surface area contributed by atoms with E-state index in [9.17, 15) is 4.79 Å². The van der Waals surface area contributed by atoms with Gasteiger partial charge in [-0.1, -0.05) is 17.7 Å². The quantitative estimate of drug-likeness (QED) is 0.710. The zero-order chi connectivity index (χ0) is 13.4. The normalized spacial score (nSPS) is 10.3. The Bertz CT molecular complexity index is 398. The Morgan fingerprint density at radius 3 is 2.83 bits per heavy atom. The van der Waals surface area contributed by atoms with Crippen LogP contribution in [0.15, 0.2) is 18.2 Å². The van der Waals surface area contributed by atoms with Crippen molar-refractivity contribution in [3.05, 3.63) is 28.8 Å². The molecule has 0 aliphatic heterocycles. The van der Waals surface area contributed by atoms with Crippen LogP contribution in [0.1, 0.15) is 10.4 Å². The van der Waals surface area contributed by atoms with Crippen molar-refractivity contribution in [1.29, 1.82) is 0 Å². The molecule has 1 aromatic rings. The molecule has 100 valence electrons. The molecular formula is C12H16ClNO4. The van der Waals surface area contributed by atoms with Crippen LogP contribution < -0.4 is 5.32 Å². The van der Waals surface area contributed by atoms with Gasteiger partial charge in [0, 0.05) is 13.7 Å². The summed E-state index contributed by atoms with van der Waals surface area (Å²) >= 11 is 5.84. The fourth-order valence-electron chi connectivity index (χ4n) is 1.39. The fourth-order valence-corrected chi connectivity index (χ4v) is 1.65. The van der Waals surface area contributed by atoms with Gasteiger partial charge < -0.3 is 19.9 Å². The zero-order valence-electron chi connectivity index (χ0n) is 10.1. The second-order valence-corrected chi connectivity index (χ2v) is 3.91. The predicted octanol–water partition coefficient (Wildman–Crippen LogP) is 2.11. The van der Waals surface area contributed by atoms with E-state index in [0.29, 0.717) is 32.1 Å². The molecule has 1 aromatic carbocycles. The van der Waals surface area contributed by atoms with Crippen LogP contribution in [0.25, 0.3) is 0 Å². The van der Waals surface area contributed by atoms with Crippen LogP contribution in [0.3, 0.4) is 0 Å². The molecule has 5 nitrogen and oxygen atoms in total. The van der Waals surface area contributed by atoms with E-state index in [1.165, 1.54) is 0 Å². The van der Waals surface area contributed by atoms with E-state index in [2.05, 4.69) is 5.32 Å². The summed E-state index contributed by atoms with van der Waals surface area (Å²) in [5.74, 6) is -1.05. The molecule has 0 aromatic heterocycles.